The van der Waals surface area contributed by atoms with Crippen molar-refractivity contribution in [2.24, 2.45) is 0 Å². The summed E-state index contributed by atoms with van der Waals surface area (Å²) in [6.07, 6.45) is 0.437. The van der Waals surface area contributed by atoms with Crippen molar-refractivity contribution in [3.05, 3.63) is 35.9 Å². The highest BCUT2D eigenvalue weighted by Crippen LogP contribution is 2.00. The molecule has 0 amide bonds. The van der Waals surface area contributed by atoms with Gasteiger partial charge in [0, 0.05) is 6.42 Å². The van der Waals surface area contributed by atoms with Gasteiger partial charge in [-0.15, -0.1) is 0 Å². The number of ether oxygens (including phenoxy) is 1. The summed E-state index contributed by atoms with van der Waals surface area (Å²) < 4.78 is 4.94. The van der Waals surface area contributed by atoms with Gasteiger partial charge in [0.15, 0.2) is 0 Å². The van der Waals surface area contributed by atoms with Gasteiger partial charge in [-0.3, -0.25) is 4.79 Å². The third-order valence-corrected chi connectivity index (χ3v) is 1.53. The smallest absolute Gasteiger partial charge is 0.305 e. The fourth-order valence-electron chi connectivity index (χ4n) is 0.840. The lowest BCUT2D eigenvalue weighted by atomic mass is 10.2. The maximum absolute atomic E-state index is 10.8. The number of benzene rings is 1. The molecule has 0 saturated carbocycles. The molecule has 86 valence electrons. The summed E-state index contributed by atoms with van der Waals surface area (Å²) in [5.74, 6) is -0.154. The molecule has 0 aromatic heterocycles. The molecule has 1 rings (SSSR count). The second kappa shape index (κ2) is 11.1. The third kappa shape index (κ3) is 8.06. The normalized spacial score (nSPS) is 7.93. The summed E-state index contributed by atoms with van der Waals surface area (Å²) >= 11 is 0. The lowest BCUT2D eigenvalue weighted by Crippen LogP contribution is -2.01. The van der Waals surface area contributed by atoms with Gasteiger partial charge in [-0.2, -0.15) is 13.5 Å². The van der Waals surface area contributed by atoms with Crippen LogP contribution in [0.5, 0.6) is 0 Å². The number of rotatable bonds is 3. The van der Waals surface area contributed by atoms with Gasteiger partial charge in [0.05, 0.1) is 0 Å². The number of esters is 1. The second-order valence-electron chi connectivity index (χ2n) is 2.50. The van der Waals surface area contributed by atoms with Crippen molar-refractivity contribution in [2.75, 3.05) is 0 Å². The van der Waals surface area contributed by atoms with E-state index in [2.05, 4.69) is 0 Å². The van der Waals surface area contributed by atoms with Crippen LogP contribution in [-0.2, 0) is 16.1 Å². The van der Waals surface area contributed by atoms with E-state index in [1.165, 1.54) is 0 Å². The van der Waals surface area contributed by atoms with Gasteiger partial charge in [0.25, 0.3) is 0 Å². The lowest BCUT2D eigenvalue weighted by molar-refractivity contribution is -0.144. The first-order chi connectivity index (χ1) is 6.83. The molecular weight excluding hydrogens is 208 g/mol. The first-order valence-electron chi connectivity index (χ1n) is 5.02. The summed E-state index contributed by atoms with van der Waals surface area (Å²) in [5, 5.41) is 0. The van der Waals surface area contributed by atoms with Crippen LogP contribution in [-0.4, -0.2) is 5.97 Å². The molecule has 0 N–H and O–H groups in total. The molecule has 0 unspecified atom stereocenters. The van der Waals surface area contributed by atoms with Crippen molar-refractivity contribution in [2.45, 2.75) is 33.8 Å². The molecule has 0 bridgehead atoms. The first-order valence-corrected chi connectivity index (χ1v) is 5.02. The molecule has 0 fully saturated rings. The van der Waals surface area contributed by atoms with Crippen molar-refractivity contribution in [3.8, 4) is 0 Å². The van der Waals surface area contributed by atoms with Gasteiger partial charge < -0.3 is 4.74 Å². The van der Waals surface area contributed by atoms with Gasteiger partial charge in [0.1, 0.15) is 6.61 Å². The Morgan fingerprint density at radius 1 is 1.20 bits per heavy atom. The van der Waals surface area contributed by atoms with Crippen LogP contribution in [0.1, 0.15) is 32.8 Å². The zero-order valence-electron chi connectivity index (χ0n) is 9.62. The summed E-state index contributed by atoms with van der Waals surface area (Å²) in [6.45, 7) is 6.17. The molecule has 1 aromatic rings. The van der Waals surface area contributed by atoms with Gasteiger partial charge in [-0.1, -0.05) is 51.1 Å². The molecule has 0 aliphatic carbocycles. The van der Waals surface area contributed by atoms with Crippen molar-refractivity contribution in [1.29, 1.82) is 0 Å². The minimum atomic E-state index is -0.154. The SMILES string of the molecule is CC.CCC(=O)OCc1ccccc1.S. The first kappa shape index (κ1) is 16.5. The van der Waals surface area contributed by atoms with E-state index in [1.54, 1.807) is 6.92 Å². The molecule has 0 spiro atoms. The van der Waals surface area contributed by atoms with Crippen LogP contribution in [0.2, 0.25) is 0 Å². The van der Waals surface area contributed by atoms with E-state index in [4.69, 9.17) is 4.74 Å². The third-order valence-electron chi connectivity index (χ3n) is 1.53. The van der Waals surface area contributed by atoms with Crippen molar-refractivity contribution >= 4 is 19.5 Å². The van der Waals surface area contributed by atoms with E-state index < -0.39 is 0 Å². The Labute approximate surface area is 99.1 Å². The van der Waals surface area contributed by atoms with Crippen LogP contribution in [0.15, 0.2) is 30.3 Å². The quantitative estimate of drug-likeness (QED) is 0.742. The van der Waals surface area contributed by atoms with Crippen molar-refractivity contribution in [1.82, 2.24) is 0 Å². The maximum Gasteiger partial charge on any atom is 0.305 e. The van der Waals surface area contributed by atoms with E-state index in [0.717, 1.165) is 5.56 Å². The zero-order chi connectivity index (χ0) is 10.8. The minimum absolute atomic E-state index is 0. The second-order valence-corrected chi connectivity index (χ2v) is 2.50. The fourth-order valence-corrected chi connectivity index (χ4v) is 0.840. The topological polar surface area (TPSA) is 26.3 Å². The molecule has 0 heterocycles. The fraction of sp³-hybridized carbons (Fsp3) is 0.417. The average molecular weight is 228 g/mol. The highest BCUT2D eigenvalue weighted by molar-refractivity contribution is 7.59. The standard InChI is InChI=1S/C10H12O2.C2H6.H2S/c1-2-10(11)12-8-9-6-4-3-5-7-9;1-2;/h3-7H,2,8H2,1H3;1-2H3;1H2. The number of hydrogen-bond acceptors (Lipinski definition) is 2. The molecule has 0 saturated heterocycles. The highest BCUT2D eigenvalue weighted by Gasteiger charge is 1.97. The predicted molar refractivity (Wildman–Crippen MR) is 68.3 cm³/mol. The van der Waals surface area contributed by atoms with E-state index >= 15 is 0 Å². The molecule has 1 aromatic carbocycles. The Balaban J connectivity index is 0. The summed E-state index contributed by atoms with van der Waals surface area (Å²) in [7, 11) is 0. The average Bonchev–Trinajstić information content (AvgIpc) is 2.30. The van der Waals surface area contributed by atoms with E-state index in [0.29, 0.717) is 13.0 Å². The van der Waals surface area contributed by atoms with Crippen molar-refractivity contribution < 1.29 is 9.53 Å². The molecule has 0 aliphatic rings. The number of carbonyl (C=O) groups excluding carboxylic acids is 1. The Bertz CT molecular complexity index is 247. The summed E-state index contributed by atoms with van der Waals surface area (Å²) in [4.78, 5) is 10.8. The summed E-state index contributed by atoms with van der Waals surface area (Å²) in [5.41, 5.74) is 1.03. The highest BCUT2D eigenvalue weighted by atomic mass is 32.1. The molecule has 0 radical (unpaired) electrons. The predicted octanol–water partition coefficient (Wildman–Crippen LogP) is 3.28. The van der Waals surface area contributed by atoms with Crippen LogP contribution in [0.4, 0.5) is 0 Å². The Kier molecular flexibility index (Phi) is 12.2. The minimum Gasteiger partial charge on any atom is -0.461 e. The Morgan fingerprint density at radius 2 is 1.73 bits per heavy atom. The number of hydrogen-bond donors (Lipinski definition) is 0. The number of carbonyl (C=O) groups is 1. The monoisotopic (exact) mass is 228 g/mol. The van der Waals surface area contributed by atoms with Gasteiger partial charge in [-0.05, 0) is 5.56 Å². The Hall–Kier alpha value is -0.960. The molecular formula is C12H20O2S. The van der Waals surface area contributed by atoms with E-state index in [1.807, 2.05) is 44.2 Å². The maximum atomic E-state index is 10.8. The molecule has 15 heavy (non-hydrogen) atoms. The largest absolute Gasteiger partial charge is 0.461 e. The molecule has 2 nitrogen and oxygen atoms in total. The molecule has 0 atom stereocenters. The van der Waals surface area contributed by atoms with Gasteiger partial charge in [0.2, 0.25) is 0 Å². The van der Waals surface area contributed by atoms with Gasteiger partial charge in [-0.25, -0.2) is 0 Å². The zero-order valence-corrected chi connectivity index (χ0v) is 10.6. The van der Waals surface area contributed by atoms with Crippen LogP contribution in [0, 0.1) is 0 Å². The molecule has 3 heteroatoms. The lowest BCUT2D eigenvalue weighted by Gasteiger charge is -2.01. The van der Waals surface area contributed by atoms with Crippen LogP contribution >= 0.6 is 13.5 Å². The van der Waals surface area contributed by atoms with Crippen molar-refractivity contribution in [3.63, 3.8) is 0 Å². The molecule has 0 aliphatic heterocycles. The Morgan fingerprint density at radius 3 is 2.20 bits per heavy atom. The van der Waals surface area contributed by atoms with E-state index in [-0.39, 0.29) is 19.5 Å². The van der Waals surface area contributed by atoms with Crippen LogP contribution in [0.25, 0.3) is 0 Å². The van der Waals surface area contributed by atoms with Crippen LogP contribution in [0.3, 0.4) is 0 Å². The van der Waals surface area contributed by atoms with E-state index in [9.17, 15) is 4.79 Å². The van der Waals surface area contributed by atoms with Gasteiger partial charge >= 0.3 is 5.97 Å². The summed E-state index contributed by atoms with van der Waals surface area (Å²) in [6, 6.07) is 9.65. The van der Waals surface area contributed by atoms with Crippen LogP contribution < -0.4 is 0 Å².